The van der Waals surface area contributed by atoms with Gasteiger partial charge in [0.15, 0.2) is 0 Å². The topological polar surface area (TPSA) is 4.93 Å². The molecule has 0 spiro atoms. The van der Waals surface area contributed by atoms with Crippen LogP contribution in [0.5, 0.6) is 0 Å². The van der Waals surface area contributed by atoms with Gasteiger partial charge in [0.25, 0.3) is 0 Å². The monoisotopic (exact) mass is 224 g/mol. The second-order valence-corrected chi connectivity index (χ2v) is 3.17. The Kier molecular flexibility index (Phi) is 7.88. The second-order valence-electron chi connectivity index (χ2n) is 3.17. The highest BCUT2D eigenvalue weighted by Crippen LogP contribution is 1.92. The highest BCUT2D eigenvalue weighted by atomic mass is 14.9. The Morgan fingerprint density at radius 1 is 1.00 bits per heavy atom. The van der Waals surface area contributed by atoms with Crippen molar-refractivity contribution in [3.63, 3.8) is 0 Å². The first-order chi connectivity index (χ1) is 8.83. The maximum absolute atomic E-state index is 5.00. The van der Waals surface area contributed by atoms with E-state index in [0.717, 1.165) is 6.54 Å². The van der Waals surface area contributed by atoms with Crippen molar-refractivity contribution in [3.8, 4) is 0 Å². The average molecular weight is 224 g/mol. The maximum Gasteiger partial charge on any atom is 0.0191 e. The molecule has 0 saturated heterocycles. The average Bonchev–Trinajstić information content (AvgIpc) is 2.98. The fourth-order valence-electron chi connectivity index (χ4n) is 1.12. The molecule has 92 valence electrons. The molecule has 0 unspecified atom stereocenters. The Labute approximate surface area is 104 Å². The van der Waals surface area contributed by atoms with Crippen LogP contribution in [-0.2, 0) is 6.54 Å². The molecule has 0 N–H and O–H groups in total. The number of aryl methyl sites for hydroxylation is 2. The van der Waals surface area contributed by atoms with Crippen molar-refractivity contribution < 1.29 is 4.40 Å². The van der Waals surface area contributed by atoms with Crippen LogP contribution in [0.15, 0.2) is 54.9 Å². The Morgan fingerprint density at radius 2 is 1.50 bits per heavy atom. The summed E-state index contributed by atoms with van der Waals surface area (Å²) in [5, 5.41) is 0. The molecule has 0 fully saturated rings. The molecule has 1 aromatic carbocycles. The van der Waals surface area contributed by atoms with Crippen molar-refractivity contribution in [2.24, 2.45) is 0 Å². The van der Waals surface area contributed by atoms with Crippen molar-refractivity contribution in [2.45, 2.75) is 34.2 Å². The number of nitrogens with zero attached hydrogens (tertiary/aromatic N) is 1. The van der Waals surface area contributed by atoms with Gasteiger partial charge in [0.1, 0.15) is 0 Å². The highest BCUT2D eigenvalue weighted by Gasteiger charge is 1.75. The van der Waals surface area contributed by atoms with Gasteiger partial charge in [0.2, 0.25) is 0 Å². The second kappa shape index (κ2) is 10.0. The van der Waals surface area contributed by atoms with Crippen LogP contribution in [0.1, 0.15) is 30.7 Å². The van der Waals surface area contributed by atoms with Gasteiger partial charge in [-0.05, 0) is 26.0 Å². The van der Waals surface area contributed by atoms with Crippen LogP contribution in [0.3, 0.4) is 0 Å². The molecule has 0 bridgehead atoms. The first kappa shape index (κ1) is 12.6. The van der Waals surface area contributed by atoms with Crippen LogP contribution in [0.25, 0.3) is 0 Å². The quantitative estimate of drug-likeness (QED) is 0.641. The highest BCUT2D eigenvalue weighted by molar-refractivity contribution is 5.11. The van der Waals surface area contributed by atoms with Gasteiger partial charge in [0.05, 0.1) is 0 Å². The normalized spacial score (nSPS) is 8.75. The Bertz CT molecular complexity index is 334. The lowest BCUT2D eigenvalue weighted by Gasteiger charge is -1.89. The molecular weight excluding hydrogens is 194 g/mol. The van der Waals surface area contributed by atoms with E-state index in [-0.39, 0.29) is 1.43 Å². The minimum Gasteiger partial charge on any atom is -0.355 e. The largest absolute Gasteiger partial charge is 0.355 e. The smallest absolute Gasteiger partial charge is 0.0191 e. The van der Waals surface area contributed by atoms with Crippen LogP contribution in [0, 0.1) is 6.92 Å². The summed E-state index contributed by atoms with van der Waals surface area (Å²) in [6.07, 6.45) is 4.11. The lowest BCUT2D eigenvalue weighted by molar-refractivity contribution is 0.769. The van der Waals surface area contributed by atoms with Gasteiger partial charge in [-0.3, -0.25) is 0 Å². The SMILES string of the molecule is CC.CCn1cccc1.Cc1ccccc1.[2HH].[2H][2H]. The molecule has 0 aliphatic heterocycles. The Hall–Kier alpha value is -1.50. The number of aromatic nitrogens is 1. The van der Waals surface area contributed by atoms with Gasteiger partial charge in [-0.2, -0.15) is 0 Å². The molecule has 0 amide bonds. The summed E-state index contributed by atoms with van der Waals surface area (Å²) < 4.78 is 12.1. The third kappa shape index (κ3) is 6.88. The molecule has 1 heterocycles. The van der Waals surface area contributed by atoms with Crippen molar-refractivity contribution in [2.75, 3.05) is 0 Å². The van der Waals surface area contributed by atoms with Gasteiger partial charge >= 0.3 is 0 Å². The summed E-state index contributed by atoms with van der Waals surface area (Å²) in [6, 6.07) is 14.3. The lowest BCUT2D eigenvalue weighted by atomic mass is 10.2. The molecule has 0 atom stereocenters. The number of hydrogen-bond acceptors (Lipinski definition) is 0. The maximum atomic E-state index is 5.00. The standard InChI is InChI=1S/C7H8.C6H9N.C2H6.2H2/c1-7-5-3-2-4-6-7;1-2-7-5-3-4-6-7;1-2;;/h2-6H,1H3;3-6H,2H2,1H3;1-2H3;2*1H/i;;;1+1D;1+1. The van der Waals surface area contributed by atoms with Gasteiger partial charge < -0.3 is 4.57 Å². The molecule has 2 aromatic rings. The predicted octanol–water partition coefficient (Wildman–Crippen LogP) is 5.02. The van der Waals surface area contributed by atoms with Crippen LogP contribution in [-0.4, -0.2) is 4.57 Å². The molecule has 1 aromatic heterocycles. The number of benzene rings is 1. The van der Waals surface area contributed by atoms with Crippen molar-refractivity contribution in [1.82, 2.24) is 4.57 Å². The number of rotatable bonds is 1. The van der Waals surface area contributed by atoms with Crippen molar-refractivity contribution in [3.05, 3.63) is 60.4 Å². The van der Waals surface area contributed by atoms with Crippen molar-refractivity contribution in [1.29, 1.82) is 0 Å². The molecule has 0 aliphatic carbocycles. The van der Waals surface area contributed by atoms with Gasteiger partial charge in [-0.25, -0.2) is 0 Å². The first-order valence-corrected chi connectivity index (χ1v) is 5.95. The summed E-state index contributed by atoms with van der Waals surface area (Å²) in [4.78, 5) is 0. The predicted molar refractivity (Wildman–Crippen MR) is 76.9 cm³/mol. The zero-order valence-electron chi connectivity index (χ0n) is 12.9. The summed E-state index contributed by atoms with van der Waals surface area (Å²) in [5.41, 5.74) is 1.32. The Balaban J connectivity index is -0.000000205. The molecule has 0 aliphatic rings. The van der Waals surface area contributed by atoms with E-state index < -0.39 is 0 Å². The van der Waals surface area contributed by atoms with Crippen LogP contribution >= 0.6 is 0 Å². The van der Waals surface area contributed by atoms with E-state index in [1.165, 1.54) is 5.56 Å². The van der Waals surface area contributed by atoms with Crippen LogP contribution < -0.4 is 0 Å². The van der Waals surface area contributed by atoms with E-state index >= 15 is 0 Å². The molecule has 0 saturated carbocycles. The summed E-state index contributed by atoms with van der Waals surface area (Å²) >= 11 is 0. The zero-order valence-corrected chi connectivity index (χ0v) is 10.9. The van der Waals surface area contributed by atoms with Gasteiger partial charge in [-0.15, -0.1) is 0 Å². The molecular formula is C15H27N. The fraction of sp³-hybridized carbons (Fsp3) is 0.333. The summed E-state index contributed by atoms with van der Waals surface area (Å²) in [6.45, 7) is 9.28. The minimum absolute atomic E-state index is 0. The minimum atomic E-state index is 0. The number of hydrogen-bond donors (Lipinski definition) is 0. The fourth-order valence-corrected chi connectivity index (χ4v) is 1.12. The summed E-state index contributed by atoms with van der Waals surface area (Å²) in [5.74, 6) is 0. The van der Waals surface area contributed by atoms with E-state index in [1.54, 1.807) is 0 Å². The third-order valence-electron chi connectivity index (χ3n) is 1.97. The van der Waals surface area contributed by atoms with E-state index in [0.29, 0.717) is 0 Å². The lowest BCUT2D eigenvalue weighted by Crippen LogP contribution is -1.85. The van der Waals surface area contributed by atoms with Crippen LogP contribution in [0.4, 0.5) is 0 Å². The van der Waals surface area contributed by atoms with E-state index in [9.17, 15) is 0 Å². The van der Waals surface area contributed by atoms with E-state index in [2.05, 4.69) is 42.9 Å². The van der Waals surface area contributed by atoms with E-state index in [1.807, 2.05) is 44.2 Å². The molecule has 16 heavy (non-hydrogen) atoms. The third-order valence-corrected chi connectivity index (χ3v) is 1.97. The molecule has 1 heteroatoms. The zero-order chi connectivity index (χ0) is 14.2. The molecule has 2 rings (SSSR count). The van der Waals surface area contributed by atoms with Crippen LogP contribution in [0.2, 0.25) is 0 Å². The van der Waals surface area contributed by atoms with Crippen molar-refractivity contribution >= 4 is 0 Å². The molecule has 1 nitrogen and oxygen atoms in total. The summed E-state index contributed by atoms with van der Waals surface area (Å²) in [7, 11) is 0. The Morgan fingerprint density at radius 3 is 1.75 bits per heavy atom. The van der Waals surface area contributed by atoms with Gasteiger partial charge in [-0.1, -0.05) is 49.7 Å². The first-order valence-electron chi connectivity index (χ1n) is 6.95. The molecule has 0 radical (unpaired) electrons. The van der Waals surface area contributed by atoms with E-state index in [4.69, 9.17) is 2.97 Å². The van der Waals surface area contributed by atoms with Gasteiger partial charge in [0, 0.05) is 23.3 Å².